The Hall–Kier alpha value is -3.12. The number of hydrogen-bond donors (Lipinski definition) is 1. The number of ether oxygens (including phenoxy) is 1. The molecule has 27 heavy (non-hydrogen) atoms. The molecule has 3 rings (SSSR count). The number of carbonyl (C=O) groups excluding carboxylic acids is 2. The Morgan fingerprint density at radius 3 is 2.56 bits per heavy atom. The van der Waals surface area contributed by atoms with Gasteiger partial charge in [-0.25, -0.2) is 4.98 Å². The Morgan fingerprint density at radius 1 is 1.19 bits per heavy atom. The molecule has 2 aromatic carbocycles. The van der Waals surface area contributed by atoms with Gasteiger partial charge < -0.3 is 14.6 Å². The van der Waals surface area contributed by atoms with Gasteiger partial charge in [-0.15, -0.1) is 0 Å². The molecule has 6 nitrogen and oxygen atoms in total. The summed E-state index contributed by atoms with van der Waals surface area (Å²) in [5.74, 6) is 0.485. The van der Waals surface area contributed by atoms with Crippen molar-refractivity contribution in [2.45, 2.75) is 6.92 Å². The van der Waals surface area contributed by atoms with Crippen LogP contribution in [0.1, 0.15) is 21.7 Å². The number of benzene rings is 2. The zero-order valence-corrected chi connectivity index (χ0v) is 15.7. The number of halogens is 1. The summed E-state index contributed by atoms with van der Waals surface area (Å²) in [7, 11) is 1.76. The van der Waals surface area contributed by atoms with Crippen molar-refractivity contribution in [1.82, 2.24) is 9.55 Å². The first-order valence-corrected chi connectivity index (χ1v) is 8.63. The summed E-state index contributed by atoms with van der Waals surface area (Å²) in [6, 6.07) is 11.8. The van der Waals surface area contributed by atoms with Crippen molar-refractivity contribution in [2.75, 3.05) is 11.9 Å². The molecule has 0 spiro atoms. The second kappa shape index (κ2) is 8.05. The highest BCUT2D eigenvalue weighted by atomic mass is 35.5. The average Bonchev–Trinajstić information content (AvgIpc) is 3.07. The Morgan fingerprint density at radius 2 is 1.93 bits per heavy atom. The minimum atomic E-state index is -0.299. The van der Waals surface area contributed by atoms with Crippen LogP contribution < -0.4 is 10.1 Å². The number of imidazole rings is 1. The number of ketones is 1. The number of aryl methyl sites for hydroxylation is 2. The van der Waals surface area contributed by atoms with Crippen LogP contribution in [0.2, 0.25) is 5.02 Å². The molecule has 0 saturated heterocycles. The fraction of sp³-hybridized carbons (Fsp3) is 0.150. The van der Waals surface area contributed by atoms with Crippen molar-refractivity contribution >= 4 is 29.0 Å². The highest BCUT2D eigenvalue weighted by Crippen LogP contribution is 2.21. The fourth-order valence-electron chi connectivity index (χ4n) is 2.53. The van der Waals surface area contributed by atoms with Crippen molar-refractivity contribution in [3.05, 3.63) is 76.8 Å². The van der Waals surface area contributed by atoms with Crippen LogP contribution in [0.3, 0.4) is 0 Å². The summed E-state index contributed by atoms with van der Waals surface area (Å²) >= 11 is 5.90. The van der Waals surface area contributed by atoms with E-state index in [9.17, 15) is 9.59 Å². The van der Waals surface area contributed by atoms with Gasteiger partial charge in [0.1, 0.15) is 5.75 Å². The molecular formula is C20H18ClN3O3. The molecule has 0 aliphatic heterocycles. The third-order valence-electron chi connectivity index (χ3n) is 3.95. The maximum Gasteiger partial charge on any atom is 0.262 e. The van der Waals surface area contributed by atoms with Crippen LogP contribution in [0.5, 0.6) is 5.75 Å². The molecule has 138 valence electrons. The summed E-state index contributed by atoms with van der Waals surface area (Å²) in [5.41, 5.74) is 1.93. The van der Waals surface area contributed by atoms with Crippen LogP contribution in [0.15, 0.2) is 54.9 Å². The second-order valence-electron chi connectivity index (χ2n) is 6.01. The average molecular weight is 384 g/mol. The van der Waals surface area contributed by atoms with Gasteiger partial charge in [-0.3, -0.25) is 9.59 Å². The molecule has 0 aliphatic rings. The van der Waals surface area contributed by atoms with Gasteiger partial charge in [0.05, 0.1) is 0 Å². The number of hydrogen-bond acceptors (Lipinski definition) is 4. The molecule has 0 unspecified atom stereocenters. The molecule has 1 heterocycles. The first-order chi connectivity index (χ1) is 12.9. The van der Waals surface area contributed by atoms with Crippen molar-refractivity contribution in [2.24, 2.45) is 7.05 Å². The molecule has 1 amide bonds. The van der Waals surface area contributed by atoms with Gasteiger partial charge in [0.2, 0.25) is 5.78 Å². The van der Waals surface area contributed by atoms with Crippen LogP contribution in [-0.4, -0.2) is 27.8 Å². The second-order valence-corrected chi connectivity index (χ2v) is 6.45. The van der Waals surface area contributed by atoms with E-state index in [2.05, 4.69) is 10.3 Å². The fourth-order valence-corrected chi connectivity index (χ4v) is 2.76. The van der Waals surface area contributed by atoms with Crippen molar-refractivity contribution in [3.8, 4) is 5.75 Å². The van der Waals surface area contributed by atoms with E-state index >= 15 is 0 Å². The molecule has 0 fully saturated rings. The molecule has 0 saturated carbocycles. The SMILES string of the molecule is Cc1cc(Cl)ccc1OCC(=O)Nc1ccc(C(=O)c2nccn2C)cc1. The summed E-state index contributed by atoms with van der Waals surface area (Å²) in [6.45, 7) is 1.73. The van der Waals surface area contributed by atoms with Gasteiger partial charge in [0.25, 0.3) is 5.91 Å². The summed E-state index contributed by atoms with van der Waals surface area (Å²) < 4.78 is 7.17. The maximum absolute atomic E-state index is 12.4. The van der Waals surface area contributed by atoms with Gasteiger partial charge in [-0.2, -0.15) is 0 Å². The molecule has 7 heteroatoms. The third kappa shape index (κ3) is 4.54. The molecule has 3 aromatic rings. The summed E-state index contributed by atoms with van der Waals surface area (Å²) in [4.78, 5) is 28.5. The number of nitrogens with zero attached hydrogens (tertiary/aromatic N) is 2. The number of carbonyl (C=O) groups is 2. The van der Waals surface area contributed by atoms with E-state index in [1.165, 1.54) is 0 Å². The van der Waals surface area contributed by atoms with Gasteiger partial charge in [-0.05, 0) is 55.0 Å². The number of amides is 1. The molecule has 0 aliphatic carbocycles. The van der Waals surface area contributed by atoms with E-state index in [0.717, 1.165) is 5.56 Å². The molecule has 0 radical (unpaired) electrons. The zero-order valence-electron chi connectivity index (χ0n) is 14.9. The van der Waals surface area contributed by atoms with E-state index in [0.29, 0.717) is 27.8 Å². The number of nitrogens with one attached hydrogen (secondary N) is 1. The first-order valence-electron chi connectivity index (χ1n) is 8.25. The van der Waals surface area contributed by atoms with Gasteiger partial charge in [0, 0.05) is 35.7 Å². The summed E-state index contributed by atoms with van der Waals surface area (Å²) in [5, 5.41) is 3.35. The Kier molecular flexibility index (Phi) is 5.57. The van der Waals surface area contributed by atoms with Gasteiger partial charge in [-0.1, -0.05) is 11.6 Å². The van der Waals surface area contributed by atoms with Crippen LogP contribution in [0.4, 0.5) is 5.69 Å². The van der Waals surface area contributed by atoms with E-state index in [1.54, 1.807) is 66.5 Å². The van der Waals surface area contributed by atoms with Crippen molar-refractivity contribution in [1.29, 1.82) is 0 Å². The lowest BCUT2D eigenvalue weighted by Gasteiger charge is -2.10. The smallest absolute Gasteiger partial charge is 0.262 e. The standard InChI is InChI=1S/C20H18ClN3O3/c1-13-11-15(21)5-8-17(13)27-12-18(25)23-16-6-3-14(4-7-16)19(26)20-22-9-10-24(20)2/h3-11H,12H2,1-2H3,(H,23,25). The predicted molar refractivity (Wildman–Crippen MR) is 103 cm³/mol. The quantitative estimate of drug-likeness (QED) is 0.660. The lowest BCUT2D eigenvalue weighted by molar-refractivity contribution is -0.118. The molecule has 0 atom stereocenters. The van der Waals surface area contributed by atoms with Crippen molar-refractivity contribution < 1.29 is 14.3 Å². The monoisotopic (exact) mass is 383 g/mol. The normalized spacial score (nSPS) is 10.5. The van der Waals surface area contributed by atoms with E-state index < -0.39 is 0 Å². The van der Waals surface area contributed by atoms with Gasteiger partial charge in [0.15, 0.2) is 12.4 Å². The van der Waals surface area contributed by atoms with Gasteiger partial charge >= 0.3 is 0 Å². The highest BCUT2D eigenvalue weighted by Gasteiger charge is 2.14. The first kappa shape index (κ1) is 18.7. The minimum absolute atomic E-state index is 0.129. The maximum atomic E-state index is 12.4. The molecule has 1 aromatic heterocycles. The van der Waals surface area contributed by atoms with E-state index in [4.69, 9.17) is 16.3 Å². The summed E-state index contributed by atoms with van der Waals surface area (Å²) in [6.07, 6.45) is 3.29. The largest absolute Gasteiger partial charge is 0.483 e. The Bertz CT molecular complexity index is 980. The van der Waals surface area contributed by atoms with E-state index in [1.807, 2.05) is 6.92 Å². The Balaban J connectivity index is 1.58. The third-order valence-corrected chi connectivity index (χ3v) is 4.19. The lowest BCUT2D eigenvalue weighted by Crippen LogP contribution is -2.20. The lowest BCUT2D eigenvalue weighted by atomic mass is 10.1. The van der Waals surface area contributed by atoms with Crippen LogP contribution >= 0.6 is 11.6 Å². The minimum Gasteiger partial charge on any atom is -0.483 e. The van der Waals surface area contributed by atoms with Crippen LogP contribution in [0, 0.1) is 6.92 Å². The number of aromatic nitrogens is 2. The van der Waals surface area contributed by atoms with E-state index in [-0.39, 0.29) is 18.3 Å². The highest BCUT2D eigenvalue weighted by molar-refractivity contribution is 6.30. The molecule has 0 bridgehead atoms. The van der Waals surface area contributed by atoms with Crippen LogP contribution in [0.25, 0.3) is 0 Å². The Labute approximate surface area is 161 Å². The number of anilines is 1. The predicted octanol–water partition coefficient (Wildman–Crippen LogP) is 3.63. The topological polar surface area (TPSA) is 73.2 Å². The van der Waals surface area contributed by atoms with Crippen molar-refractivity contribution in [3.63, 3.8) is 0 Å². The number of rotatable bonds is 6. The zero-order chi connectivity index (χ0) is 19.4. The molecule has 1 N–H and O–H groups in total. The molecular weight excluding hydrogens is 366 g/mol. The van der Waals surface area contributed by atoms with Crippen LogP contribution in [-0.2, 0) is 11.8 Å².